The number of fused-ring (bicyclic) bond motifs is 4. The number of hydrogen-bond donors (Lipinski definition) is 1. The molecule has 0 aromatic heterocycles. The van der Waals surface area contributed by atoms with Gasteiger partial charge in [-0.25, -0.2) is 0 Å². The highest BCUT2D eigenvalue weighted by Crippen LogP contribution is 2.63. The lowest BCUT2D eigenvalue weighted by molar-refractivity contribution is -0.0899. The lowest BCUT2D eigenvalue weighted by Crippen LogP contribution is -2.55. The third-order valence-electron chi connectivity index (χ3n) is 10.9. The molecule has 0 saturated heterocycles. The maximum Gasteiger partial charge on any atom is 0.0594 e. The van der Waals surface area contributed by atoms with E-state index in [1.807, 2.05) is 0 Å². The summed E-state index contributed by atoms with van der Waals surface area (Å²) in [5.74, 6) is 2.64. The maximum absolute atomic E-state index is 10.8. The van der Waals surface area contributed by atoms with Crippen molar-refractivity contribution in [3.05, 3.63) is 23.3 Å². The predicted octanol–water partition coefficient (Wildman–Crippen LogP) is 7.77. The summed E-state index contributed by atoms with van der Waals surface area (Å²) in [6, 6.07) is 0. The number of rotatable bonds is 5. The smallest absolute Gasteiger partial charge is 0.0594 e. The molecule has 180 valence electrons. The standard InChI is InChI=1S/C30H49NO/c1-19(2)20(3)9-10-21(4)23-15-18-31-27-22-11-12-25-28(5,6)26(32)14-17-29(25,7)24(22)13-16-30(23,27)8/h19,21,23,25-26,32H,3,9-18H2,1-2,4-8H3. The van der Waals surface area contributed by atoms with Gasteiger partial charge in [0.05, 0.1) is 6.10 Å². The molecule has 0 bridgehead atoms. The Kier molecular flexibility index (Phi) is 6.36. The molecule has 3 aliphatic carbocycles. The summed E-state index contributed by atoms with van der Waals surface area (Å²) in [7, 11) is 0. The molecule has 6 atom stereocenters. The van der Waals surface area contributed by atoms with E-state index >= 15 is 0 Å². The van der Waals surface area contributed by atoms with Crippen molar-refractivity contribution < 1.29 is 5.11 Å². The molecular formula is C30H49NO. The van der Waals surface area contributed by atoms with E-state index in [2.05, 4.69) is 55.0 Å². The lowest BCUT2D eigenvalue weighted by Gasteiger charge is -2.60. The second-order valence-electron chi connectivity index (χ2n) is 13.2. The average Bonchev–Trinajstić information content (AvgIpc) is 2.73. The van der Waals surface area contributed by atoms with E-state index in [0.29, 0.717) is 11.8 Å². The number of aliphatic hydroxyl groups excluding tert-OH is 1. The molecule has 6 unspecified atom stereocenters. The number of aliphatic imine (C=N–C) groups is 1. The Morgan fingerprint density at radius 2 is 1.75 bits per heavy atom. The Hall–Kier alpha value is -0.890. The van der Waals surface area contributed by atoms with Crippen molar-refractivity contribution in [2.24, 2.45) is 44.9 Å². The molecule has 1 fully saturated rings. The molecule has 4 aliphatic rings. The molecule has 1 N–H and O–H groups in total. The molecule has 0 radical (unpaired) electrons. The van der Waals surface area contributed by atoms with Crippen molar-refractivity contribution in [2.45, 2.75) is 112 Å². The van der Waals surface area contributed by atoms with E-state index in [-0.39, 0.29) is 22.3 Å². The minimum atomic E-state index is -0.158. The molecular weight excluding hydrogens is 390 g/mol. The molecule has 2 nitrogen and oxygen atoms in total. The highest BCUT2D eigenvalue weighted by atomic mass is 16.3. The van der Waals surface area contributed by atoms with E-state index in [1.165, 1.54) is 56.2 Å². The van der Waals surface area contributed by atoms with Gasteiger partial charge in [-0.3, -0.25) is 4.99 Å². The minimum absolute atomic E-state index is 0.0104. The summed E-state index contributed by atoms with van der Waals surface area (Å²) in [5, 5.41) is 10.8. The fourth-order valence-corrected chi connectivity index (χ4v) is 8.50. The van der Waals surface area contributed by atoms with Gasteiger partial charge in [0, 0.05) is 17.7 Å². The predicted molar refractivity (Wildman–Crippen MR) is 137 cm³/mol. The number of allylic oxidation sites excluding steroid dienone is 3. The first kappa shape index (κ1) is 24.2. The maximum atomic E-state index is 10.8. The Morgan fingerprint density at radius 1 is 1.03 bits per heavy atom. The van der Waals surface area contributed by atoms with Gasteiger partial charge >= 0.3 is 0 Å². The topological polar surface area (TPSA) is 32.6 Å². The Morgan fingerprint density at radius 3 is 2.44 bits per heavy atom. The van der Waals surface area contributed by atoms with Gasteiger partial charge in [0.25, 0.3) is 0 Å². The lowest BCUT2D eigenvalue weighted by atomic mass is 9.46. The molecule has 4 rings (SSSR count). The van der Waals surface area contributed by atoms with Crippen LogP contribution in [0.4, 0.5) is 0 Å². The van der Waals surface area contributed by atoms with Crippen LogP contribution in [0.25, 0.3) is 0 Å². The van der Waals surface area contributed by atoms with Crippen LogP contribution in [-0.4, -0.2) is 23.5 Å². The summed E-state index contributed by atoms with van der Waals surface area (Å²) in [5.41, 5.74) is 6.77. The van der Waals surface area contributed by atoms with Crippen LogP contribution in [0.1, 0.15) is 106 Å². The summed E-state index contributed by atoms with van der Waals surface area (Å²) < 4.78 is 0. The van der Waals surface area contributed by atoms with Gasteiger partial charge in [0.1, 0.15) is 0 Å². The molecule has 1 aliphatic heterocycles. The number of aliphatic hydroxyl groups is 1. The monoisotopic (exact) mass is 439 g/mol. The first-order valence-corrected chi connectivity index (χ1v) is 13.6. The van der Waals surface area contributed by atoms with Gasteiger partial charge in [-0.1, -0.05) is 66.2 Å². The summed E-state index contributed by atoms with van der Waals surface area (Å²) in [6.07, 6.45) is 10.5. The van der Waals surface area contributed by atoms with E-state index in [4.69, 9.17) is 4.99 Å². The Bertz CT molecular complexity index is 817. The second-order valence-corrected chi connectivity index (χ2v) is 13.2. The third kappa shape index (κ3) is 3.68. The zero-order chi connectivity index (χ0) is 23.5. The number of hydrogen-bond acceptors (Lipinski definition) is 2. The van der Waals surface area contributed by atoms with Crippen LogP contribution in [0.15, 0.2) is 28.3 Å². The van der Waals surface area contributed by atoms with E-state index < -0.39 is 0 Å². The van der Waals surface area contributed by atoms with Crippen LogP contribution >= 0.6 is 0 Å². The quantitative estimate of drug-likeness (QED) is 0.436. The SMILES string of the molecule is C=C(CCC(C)C1CCN=C2C3=C(CCC21C)C1(C)CCC(O)C(C)(C)C1CC3)C(C)C. The van der Waals surface area contributed by atoms with Crippen LogP contribution in [-0.2, 0) is 0 Å². The van der Waals surface area contributed by atoms with Crippen molar-refractivity contribution >= 4 is 5.71 Å². The van der Waals surface area contributed by atoms with Gasteiger partial charge in [0.2, 0.25) is 0 Å². The van der Waals surface area contributed by atoms with Gasteiger partial charge in [0.15, 0.2) is 0 Å². The molecule has 0 aromatic carbocycles. The van der Waals surface area contributed by atoms with Crippen LogP contribution in [0.3, 0.4) is 0 Å². The molecule has 2 heteroatoms. The fraction of sp³-hybridized carbons (Fsp3) is 0.833. The summed E-state index contributed by atoms with van der Waals surface area (Å²) in [4.78, 5) is 5.28. The Labute approximate surface area is 198 Å². The molecule has 0 aromatic rings. The molecule has 1 heterocycles. The molecule has 32 heavy (non-hydrogen) atoms. The van der Waals surface area contributed by atoms with E-state index in [9.17, 15) is 5.11 Å². The van der Waals surface area contributed by atoms with Gasteiger partial charge in [-0.05, 0) is 97.9 Å². The highest BCUT2D eigenvalue weighted by molar-refractivity contribution is 6.06. The van der Waals surface area contributed by atoms with E-state index in [0.717, 1.165) is 31.2 Å². The van der Waals surface area contributed by atoms with Crippen molar-refractivity contribution in [1.29, 1.82) is 0 Å². The third-order valence-corrected chi connectivity index (χ3v) is 10.9. The van der Waals surface area contributed by atoms with Crippen LogP contribution < -0.4 is 0 Å². The zero-order valence-corrected chi connectivity index (χ0v) is 22.1. The molecule has 0 spiro atoms. The molecule has 0 amide bonds. The van der Waals surface area contributed by atoms with Crippen LogP contribution in [0.5, 0.6) is 0 Å². The second kappa shape index (κ2) is 8.40. The first-order chi connectivity index (χ1) is 14.9. The minimum Gasteiger partial charge on any atom is -0.393 e. The van der Waals surface area contributed by atoms with Crippen LogP contribution in [0, 0.1) is 39.9 Å². The summed E-state index contributed by atoms with van der Waals surface area (Å²) >= 11 is 0. The first-order valence-electron chi connectivity index (χ1n) is 13.6. The van der Waals surface area contributed by atoms with Gasteiger partial charge in [-0.15, -0.1) is 0 Å². The largest absolute Gasteiger partial charge is 0.393 e. The van der Waals surface area contributed by atoms with Crippen molar-refractivity contribution in [3.8, 4) is 0 Å². The normalized spacial score (nSPS) is 39.7. The highest BCUT2D eigenvalue weighted by Gasteiger charge is 2.57. The summed E-state index contributed by atoms with van der Waals surface area (Å²) in [6.45, 7) is 22.1. The van der Waals surface area contributed by atoms with Crippen molar-refractivity contribution in [1.82, 2.24) is 0 Å². The van der Waals surface area contributed by atoms with E-state index in [1.54, 1.807) is 11.1 Å². The van der Waals surface area contributed by atoms with Crippen molar-refractivity contribution in [3.63, 3.8) is 0 Å². The fourth-order valence-electron chi connectivity index (χ4n) is 8.50. The van der Waals surface area contributed by atoms with Crippen LogP contribution in [0.2, 0.25) is 0 Å². The zero-order valence-electron chi connectivity index (χ0n) is 22.1. The molecule has 1 saturated carbocycles. The van der Waals surface area contributed by atoms with Gasteiger partial charge in [-0.2, -0.15) is 0 Å². The Balaban J connectivity index is 1.62. The average molecular weight is 440 g/mol. The van der Waals surface area contributed by atoms with Crippen molar-refractivity contribution in [2.75, 3.05) is 6.54 Å². The number of nitrogens with zero attached hydrogens (tertiary/aromatic N) is 1. The van der Waals surface area contributed by atoms with Gasteiger partial charge < -0.3 is 5.11 Å².